The lowest BCUT2D eigenvalue weighted by Gasteiger charge is -2.33. The van der Waals surface area contributed by atoms with Crippen LogP contribution in [0.2, 0.25) is 0 Å². The Balaban J connectivity index is 1.95. The van der Waals surface area contributed by atoms with Crippen LogP contribution in [-0.4, -0.2) is 47.9 Å². The van der Waals surface area contributed by atoms with E-state index < -0.39 is 0 Å². The van der Waals surface area contributed by atoms with Crippen molar-refractivity contribution in [2.45, 2.75) is 12.5 Å². The van der Waals surface area contributed by atoms with E-state index in [0.717, 1.165) is 29.4 Å². The second-order valence-corrected chi connectivity index (χ2v) is 5.84. The third-order valence-electron chi connectivity index (χ3n) is 3.74. The SMILES string of the molecule is CNC1C(=O)N(C2=CC=CCN2C)CCc2ncsc21. The topological polar surface area (TPSA) is 48.5 Å². The Labute approximate surface area is 122 Å². The summed E-state index contributed by atoms with van der Waals surface area (Å²) in [7, 11) is 3.84. The van der Waals surface area contributed by atoms with E-state index in [1.54, 1.807) is 11.3 Å². The van der Waals surface area contributed by atoms with Crippen molar-refractivity contribution < 1.29 is 4.79 Å². The molecule has 2 aliphatic rings. The minimum absolute atomic E-state index is 0.101. The second-order valence-electron chi connectivity index (χ2n) is 4.96. The van der Waals surface area contributed by atoms with Crippen LogP contribution >= 0.6 is 11.3 Å². The van der Waals surface area contributed by atoms with Gasteiger partial charge in [-0.25, -0.2) is 4.98 Å². The van der Waals surface area contributed by atoms with Gasteiger partial charge in [-0.2, -0.15) is 0 Å². The van der Waals surface area contributed by atoms with Crippen LogP contribution < -0.4 is 5.32 Å². The van der Waals surface area contributed by atoms with Gasteiger partial charge in [0.05, 0.1) is 16.1 Å². The summed E-state index contributed by atoms with van der Waals surface area (Å²) >= 11 is 1.56. The number of rotatable bonds is 2. The summed E-state index contributed by atoms with van der Waals surface area (Å²) < 4.78 is 0. The van der Waals surface area contributed by atoms with Gasteiger partial charge in [0.1, 0.15) is 11.9 Å². The number of nitrogens with one attached hydrogen (secondary N) is 1. The molecule has 1 aromatic heterocycles. The summed E-state index contributed by atoms with van der Waals surface area (Å²) in [5.41, 5.74) is 2.87. The Morgan fingerprint density at radius 2 is 2.35 bits per heavy atom. The maximum atomic E-state index is 12.8. The van der Waals surface area contributed by atoms with E-state index in [9.17, 15) is 4.79 Å². The summed E-state index contributed by atoms with van der Waals surface area (Å²) in [6.45, 7) is 1.51. The number of carbonyl (C=O) groups excluding carboxylic acids is 1. The fourth-order valence-electron chi connectivity index (χ4n) is 2.67. The number of aromatic nitrogens is 1. The van der Waals surface area contributed by atoms with E-state index in [1.165, 1.54) is 0 Å². The zero-order valence-electron chi connectivity index (χ0n) is 11.7. The van der Waals surface area contributed by atoms with E-state index in [2.05, 4.69) is 21.3 Å². The highest BCUT2D eigenvalue weighted by Crippen LogP contribution is 2.29. The van der Waals surface area contributed by atoms with Gasteiger partial charge in [-0.15, -0.1) is 11.3 Å². The fourth-order valence-corrected chi connectivity index (χ4v) is 3.61. The van der Waals surface area contributed by atoms with Gasteiger partial charge >= 0.3 is 0 Å². The number of fused-ring (bicyclic) bond motifs is 1. The van der Waals surface area contributed by atoms with E-state index >= 15 is 0 Å². The Kier molecular flexibility index (Phi) is 3.58. The van der Waals surface area contributed by atoms with Crippen molar-refractivity contribution in [3.8, 4) is 0 Å². The third kappa shape index (κ3) is 2.14. The lowest BCUT2D eigenvalue weighted by molar-refractivity contribution is -0.132. The molecule has 0 fully saturated rings. The molecule has 106 valence electrons. The van der Waals surface area contributed by atoms with Crippen LogP contribution in [0.1, 0.15) is 16.6 Å². The van der Waals surface area contributed by atoms with Gasteiger partial charge < -0.3 is 10.2 Å². The first-order chi connectivity index (χ1) is 9.72. The number of hydrogen-bond acceptors (Lipinski definition) is 5. The number of nitrogens with zero attached hydrogens (tertiary/aromatic N) is 3. The summed E-state index contributed by atoms with van der Waals surface area (Å²) in [5.74, 6) is 1.07. The van der Waals surface area contributed by atoms with Crippen LogP contribution in [0.15, 0.2) is 29.6 Å². The highest BCUT2D eigenvalue weighted by Gasteiger charge is 2.34. The largest absolute Gasteiger partial charge is 0.357 e. The molecule has 0 aromatic carbocycles. The molecule has 3 heterocycles. The highest BCUT2D eigenvalue weighted by molar-refractivity contribution is 7.10. The molecule has 1 atom stereocenters. The van der Waals surface area contributed by atoms with Crippen LogP contribution in [0.3, 0.4) is 0 Å². The minimum atomic E-state index is -0.291. The van der Waals surface area contributed by atoms with Crippen LogP contribution in [0.5, 0.6) is 0 Å². The molecular weight excluding hydrogens is 272 g/mol. The fraction of sp³-hybridized carbons (Fsp3) is 0.429. The summed E-state index contributed by atoms with van der Waals surface area (Å²) in [6, 6.07) is -0.291. The quantitative estimate of drug-likeness (QED) is 0.887. The highest BCUT2D eigenvalue weighted by atomic mass is 32.1. The van der Waals surface area contributed by atoms with Gasteiger partial charge in [-0.1, -0.05) is 12.2 Å². The number of likely N-dealkylation sites (N-methyl/N-ethyl adjacent to an activating group) is 2. The molecule has 1 aromatic rings. The van der Waals surface area contributed by atoms with Crippen LogP contribution in [0.4, 0.5) is 0 Å². The zero-order valence-corrected chi connectivity index (χ0v) is 12.5. The summed E-state index contributed by atoms with van der Waals surface area (Å²) in [5, 5.41) is 3.14. The Hall–Kier alpha value is -1.66. The third-order valence-corrected chi connectivity index (χ3v) is 4.67. The lowest BCUT2D eigenvalue weighted by atomic mass is 10.2. The monoisotopic (exact) mass is 290 g/mol. The van der Waals surface area contributed by atoms with Crippen LogP contribution in [0.25, 0.3) is 0 Å². The molecule has 0 bridgehead atoms. The van der Waals surface area contributed by atoms with Gasteiger partial charge in [-0.05, 0) is 13.1 Å². The van der Waals surface area contributed by atoms with Gasteiger partial charge in [0.25, 0.3) is 5.91 Å². The first-order valence-electron chi connectivity index (χ1n) is 6.71. The Morgan fingerprint density at radius 3 is 3.10 bits per heavy atom. The van der Waals surface area contributed by atoms with Gasteiger partial charge in [0.2, 0.25) is 0 Å². The predicted octanol–water partition coefficient (Wildman–Crippen LogP) is 1.13. The van der Waals surface area contributed by atoms with Crippen molar-refractivity contribution in [1.82, 2.24) is 20.1 Å². The van der Waals surface area contributed by atoms with Gasteiger partial charge in [0, 0.05) is 26.6 Å². The first kappa shape index (κ1) is 13.3. The Bertz CT molecular complexity index is 577. The van der Waals surface area contributed by atoms with Crippen molar-refractivity contribution in [2.75, 3.05) is 27.2 Å². The van der Waals surface area contributed by atoms with E-state index in [0.29, 0.717) is 6.54 Å². The molecule has 0 saturated heterocycles. The molecular formula is C14H18N4OS. The average Bonchev–Trinajstić information content (AvgIpc) is 2.85. The first-order valence-corrected chi connectivity index (χ1v) is 7.59. The zero-order chi connectivity index (χ0) is 14.1. The molecule has 1 unspecified atom stereocenters. The van der Waals surface area contributed by atoms with Crippen molar-refractivity contribution in [2.24, 2.45) is 0 Å². The average molecular weight is 290 g/mol. The number of amides is 1. The van der Waals surface area contributed by atoms with Crippen molar-refractivity contribution in [3.05, 3.63) is 40.1 Å². The number of carbonyl (C=O) groups is 1. The maximum absolute atomic E-state index is 12.8. The maximum Gasteiger partial charge on any atom is 0.250 e. The standard InChI is InChI=1S/C14H18N4OS/c1-15-12-13-10(16-9-20-13)6-8-18(14(12)19)11-5-3-4-7-17(11)2/h3-5,9,12,15H,6-8H2,1-2H3. The lowest BCUT2D eigenvalue weighted by Crippen LogP contribution is -2.43. The molecule has 0 aliphatic carbocycles. The van der Waals surface area contributed by atoms with E-state index in [1.807, 2.05) is 36.7 Å². The molecule has 6 heteroatoms. The second kappa shape index (κ2) is 5.38. The molecule has 0 spiro atoms. The van der Waals surface area contributed by atoms with Crippen molar-refractivity contribution >= 4 is 17.2 Å². The predicted molar refractivity (Wildman–Crippen MR) is 79.2 cm³/mol. The van der Waals surface area contributed by atoms with E-state index in [-0.39, 0.29) is 11.9 Å². The smallest absolute Gasteiger partial charge is 0.250 e. The number of allylic oxidation sites excluding steroid dienone is 2. The van der Waals surface area contributed by atoms with Gasteiger partial charge in [0.15, 0.2) is 0 Å². The number of hydrogen-bond donors (Lipinski definition) is 1. The van der Waals surface area contributed by atoms with E-state index in [4.69, 9.17) is 0 Å². The molecule has 20 heavy (non-hydrogen) atoms. The number of thiazole rings is 1. The molecule has 1 N–H and O–H groups in total. The molecule has 2 aliphatic heterocycles. The van der Waals surface area contributed by atoms with Crippen LogP contribution in [-0.2, 0) is 11.2 Å². The minimum Gasteiger partial charge on any atom is -0.357 e. The molecule has 0 saturated carbocycles. The molecule has 0 radical (unpaired) electrons. The van der Waals surface area contributed by atoms with Gasteiger partial charge in [-0.3, -0.25) is 9.69 Å². The van der Waals surface area contributed by atoms with Crippen molar-refractivity contribution in [3.63, 3.8) is 0 Å². The normalized spacial score (nSPS) is 22.6. The summed E-state index contributed by atoms with van der Waals surface area (Å²) in [4.78, 5) is 22.3. The molecule has 3 rings (SSSR count). The molecule has 5 nitrogen and oxygen atoms in total. The molecule has 1 amide bonds. The van der Waals surface area contributed by atoms with Crippen LogP contribution in [0, 0.1) is 0 Å². The van der Waals surface area contributed by atoms with Crippen molar-refractivity contribution in [1.29, 1.82) is 0 Å². The Morgan fingerprint density at radius 1 is 1.50 bits per heavy atom. The summed E-state index contributed by atoms with van der Waals surface area (Å²) in [6.07, 6.45) is 6.90.